The molecule has 0 bridgehead atoms. The molecule has 1 aromatic carbocycles. The summed E-state index contributed by atoms with van der Waals surface area (Å²) in [6, 6.07) is 7.86. The van der Waals surface area contributed by atoms with Gasteiger partial charge in [-0.2, -0.15) is 0 Å². The minimum absolute atomic E-state index is 0.123. The monoisotopic (exact) mass is 259 g/mol. The van der Waals surface area contributed by atoms with Gasteiger partial charge in [-0.3, -0.25) is 0 Å². The van der Waals surface area contributed by atoms with Crippen molar-refractivity contribution in [3.8, 4) is 0 Å². The van der Waals surface area contributed by atoms with E-state index in [1.165, 1.54) is 18.4 Å². The Morgan fingerprint density at radius 1 is 1.32 bits per heavy atom. The number of carboxylic acid groups (broad SMARTS) is 1. The number of rotatable bonds is 3. The molecule has 3 aromatic rings. The van der Waals surface area contributed by atoms with Crippen LogP contribution in [-0.2, 0) is 6.54 Å². The highest BCUT2D eigenvalue weighted by atomic mass is 19.1. The first-order valence-electron chi connectivity index (χ1n) is 5.70. The molecule has 0 radical (unpaired) electrons. The van der Waals surface area contributed by atoms with E-state index < -0.39 is 5.97 Å². The summed E-state index contributed by atoms with van der Waals surface area (Å²) in [5, 5.41) is 9.52. The molecule has 0 unspecified atom stereocenters. The van der Waals surface area contributed by atoms with Gasteiger partial charge in [0.1, 0.15) is 17.1 Å². The van der Waals surface area contributed by atoms with Gasteiger partial charge < -0.3 is 14.1 Å². The number of hydrogen-bond donors (Lipinski definition) is 1. The van der Waals surface area contributed by atoms with Gasteiger partial charge in [-0.05, 0) is 24.3 Å². The van der Waals surface area contributed by atoms with Crippen LogP contribution in [0, 0.1) is 5.82 Å². The van der Waals surface area contributed by atoms with Crippen molar-refractivity contribution in [2.24, 2.45) is 0 Å². The maximum Gasteiger partial charge on any atom is 0.339 e. The molecule has 0 aliphatic rings. The summed E-state index contributed by atoms with van der Waals surface area (Å²) >= 11 is 0. The molecule has 96 valence electrons. The average molecular weight is 259 g/mol. The van der Waals surface area contributed by atoms with Crippen molar-refractivity contribution in [2.45, 2.75) is 6.54 Å². The molecule has 0 amide bonds. The van der Waals surface area contributed by atoms with Gasteiger partial charge in [0.2, 0.25) is 0 Å². The zero-order valence-electron chi connectivity index (χ0n) is 9.84. The Kier molecular flexibility index (Phi) is 2.59. The van der Waals surface area contributed by atoms with Crippen LogP contribution in [0.3, 0.4) is 0 Å². The highest BCUT2D eigenvalue weighted by Gasteiger charge is 2.14. The Balaban J connectivity index is 2.04. The van der Waals surface area contributed by atoms with Crippen LogP contribution in [0.5, 0.6) is 0 Å². The number of nitrogens with zero attached hydrogens (tertiary/aromatic N) is 1. The van der Waals surface area contributed by atoms with Crippen molar-refractivity contribution < 1.29 is 18.7 Å². The molecule has 0 aliphatic carbocycles. The van der Waals surface area contributed by atoms with E-state index in [1.807, 2.05) is 0 Å². The summed E-state index contributed by atoms with van der Waals surface area (Å²) in [5.74, 6) is -0.991. The van der Waals surface area contributed by atoms with E-state index in [0.29, 0.717) is 16.7 Å². The van der Waals surface area contributed by atoms with Gasteiger partial charge in [-0.1, -0.05) is 6.07 Å². The SMILES string of the molecule is O=C(O)c1ccoc1Cn1ccc2c(F)cccc21. The molecule has 0 saturated carbocycles. The topological polar surface area (TPSA) is 55.4 Å². The lowest BCUT2D eigenvalue weighted by molar-refractivity contribution is 0.0694. The quantitative estimate of drug-likeness (QED) is 0.786. The lowest BCUT2D eigenvalue weighted by Gasteiger charge is -2.04. The van der Waals surface area contributed by atoms with Gasteiger partial charge in [0, 0.05) is 11.6 Å². The fraction of sp³-hybridized carbons (Fsp3) is 0.0714. The number of aromatic nitrogens is 1. The molecule has 0 saturated heterocycles. The lowest BCUT2D eigenvalue weighted by Crippen LogP contribution is -2.03. The molecule has 0 atom stereocenters. The zero-order valence-corrected chi connectivity index (χ0v) is 9.84. The molecule has 5 heteroatoms. The number of fused-ring (bicyclic) bond motifs is 1. The number of hydrogen-bond acceptors (Lipinski definition) is 2. The van der Waals surface area contributed by atoms with Crippen molar-refractivity contribution in [3.05, 3.63) is 59.9 Å². The Bertz CT molecular complexity index is 757. The molecule has 3 rings (SSSR count). The number of benzene rings is 1. The first-order valence-corrected chi connectivity index (χ1v) is 5.70. The summed E-state index contributed by atoms with van der Waals surface area (Å²) in [7, 11) is 0. The van der Waals surface area contributed by atoms with Crippen LogP contribution in [0.1, 0.15) is 16.1 Å². The largest absolute Gasteiger partial charge is 0.478 e. The van der Waals surface area contributed by atoms with Crippen molar-refractivity contribution in [1.82, 2.24) is 4.57 Å². The van der Waals surface area contributed by atoms with E-state index in [4.69, 9.17) is 9.52 Å². The van der Waals surface area contributed by atoms with E-state index in [0.717, 1.165) is 0 Å². The van der Waals surface area contributed by atoms with Crippen LogP contribution >= 0.6 is 0 Å². The van der Waals surface area contributed by atoms with Gasteiger partial charge in [0.05, 0.1) is 18.3 Å². The maximum atomic E-state index is 13.6. The molecule has 0 fully saturated rings. The fourth-order valence-electron chi connectivity index (χ4n) is 2.13. The predicted molar refractivity (Wildman–Crippen MR) is 66.7 cm³/mol. The van der Waals surface area contributed by atoms with Crippen LogP contribution in [0.4, 0.5) is 4.39 Å². The second kappa shape index (κ2) is 4.28. The normalized spacial score (nSPS) is 11.0. The lowest BCUT2D eigenvalue weighted by atomic mass is 10.2. The summed E-state index contributed by atoms with van der Waals surface area (Å²) in [4.78, 5) is 11.0. The molecular weight excluding hydrogens is 249 g/mol. The van der Waals surface area contributed by atoms with Gasteiger partial charge in [-0.15, -0.1) is 0 Å². The summed E-state index contributed by atoms with van der Waals surface area (Å²) in [6.07, 6.45) is 3.05. The van der Waals surface area contributed by atoms with Crippen LogP contribution in [0.2, 0.25) is 0 Å². The third-order valence-electron chi connectivity index (χ3n) is 3.05. The maximum absolute atomic E-state index is 13.6. The standard InChI is InChI=1S/C14H10FNO3/c15-11-2-1-3-12-9(11)4-6-16(12)8-13-10(14(17)18)5-7-19-13/h1-7H,8H2,(H,17,18). The molecule has 19 heavy (non-hydrogen) atoms. The highest BCUT2D eigenvalue weighted by Crippen LogP contribution is 2.21. The second-order valence-electron chi connectivity index (χ2n) is 4.18. The number of aromatic carboxylic acids is 1. The minimum Gasteiger partial charge on any atom is -0.478 e. The zero-order chi connectivity index (χ0) is 13.4. The molecule has 2 aromatic heterocycles. The number of carbonyl (C=O) groups is 1. The average Bonchev–Trinajstić information content (AvgIpc) is 2.98. The van der Waals surface area contributed by atoms with E-state index in [2.05, 4.69) is 0 Å². The van der Waals surface area contributed by atoms with Gasteiger partial charge in [0.25, 0.3) is 0 Å². The number of furan rings is 1. The summed E-state index contributed by atoms with van der Waals surface area (Å²) in [5.41, 5.74) is 0.825. The van der Waals surface area contributed by atoms with Crippen LogP contribution < -0.4 is 0 Å². The third kappa shape index (κ3) is 1.89. The molecule has 4 nitrogen and oxygen atoms in total. The summed E-state index contributed by atoms with van der Waals surface area (Å²) in [6.45, 7) is 0.252. The summed E-state index contributed by atoms with van der Waals surface area (Å²) < 4.78 is 20.5. The van der Waals surface area contributed by atoms with Gasteiger partial charge >= 0.3 is 5.97 Å². The molecule has 1 N–H and O–H groups in total. The van der Waals surface area contributed by atoms with Crippen molar-refractivity contribution >= 4 is 16.9 Å². The van der Waals surface area contributed by atoms with Crippen molar-refractivity contribution in [2.75, 3.05) is 0 Å². The Hall–Kier alpha value is -2.56. The van der Waals surface area contributed by atoms with E-state index >= 15 is 0 Å². The minimum atomic E-state index is -1.04. The Morgan fingerprint density at radius 3 is 2.95 bits per heavy atom. The van der Waals surface area contributed by atoms with E-state index in [1.54, 1.807) is 29.0 Å². The van der Waals surface area contributed by atoms with Gasteiger partial charge in [0.15, 0.2) is 0 Å². The molecular formula is C14H10FNO3. The van der Waals surface area contributed by atoms with E-state index in [9.17, 15) is 9.18 Å². The third-order valence-corrected chi connectivity index (χ3v) is 3.05. The van der Waals surface area contributed by atoms with Crippen molar-refractivity contribution in [1.29, 1.82) is 0 Å². The van der Waals surface area contributed by atoms with Crippen LogP contribution in [0.25, 0.3) is 10.9 Å². The van der Waals surface area contributed by atoms with Crippen LogP contribution in [0.15, 0.2) is 47.2 Å². The Labute approximate surface area is 107 Å². The predicted octanol–water partition coefficient (Wildman–Crippen LogP) is 3.12. The highest BCUT2D eigenvalue weighted by molar-refractivity contribution is 5.88. The first kappa shape index (κ1) is 11.5. The van der Waals surface area contributed by atoms with Crippen molar-refractivity contribution in [3.63, 3.8) is 0 Å². The molecule has 0 aliphatic heterocycles. The molecule has 2 heterocycles. The smallest absolute Gasteiger partial charge is 0.339 e. The van der Waals surface area contributed by atoms with Crippen LogP contribution in [-0.4, -0.2) is 15.6 Å². The van der Waals surface area contributed by atoms with E-state index in [-0.39, 0.29) is 17.9 Å². The second-order valence-corrected chi connectivity index (χ2v) is 4.18. The first-order chi connectivity index (χ1) is 9.16. The number of halogens is 1. The number of carboxylic acids is 1. The fourth-order valence-corrected chi connectivity index (χ4v) is 2.13. The Morgan fingerprint density at radius 2 is 2.16 bits per heavy atom. The molecule has 0 spiro atoms. The van der Waals surface area contributed by atoms with Gasteiger partial charge in [-0.25, -0.2) is 9.18 Å².